The summed E-state index contributed by atoms with van der Waals surface area (Å²) in [6.07, 6.45) is 6.21. The van der Waals surface area contributed by atoms with E-state index < -0.39 is 0 Å². The molecule has 1 saturated heterocycles. The molecule has 1 saturated carbocycles. The van der Waals surface area contributed by atoms with Crippen molar-refractivity contribution in [2.45, 2.75) is 19.8 Å². The van der Waals surface area contributed by atoms with Crippen molar-refractivity contribution in [2.24, 2.45) is 23.7 Å². The maximum Gasteiger partial charge on any atom is 0.251 e. The highest BCUT2D eigenvalue weighted by atomic mass is 16.2. The molecule has 0 radical (unpaired) electrons. The largest absolute Gasteiger partial charge is 0.352 e. The van der Waals surface area contributed by atoms with E-state index in [-0.39, 0.29) is 41.4 Å². The molecule has 5 heteroatoms. The number of amides is 3. The standard InChI is InChI=1S/C19H20N2O3/c1-2-20-17(22)13-7-9-14(10-8-13)21-18(23)15-11-3-4-12(6-5-11)16(15)19(21)24/h3-4,7-12,15-16H,2,5-6H2,1H3,(H,20,22). The number of rotatable bonds is 3. The van der Waals surface area contributed by atoms with Crippen LogP contribution in [0.15, 0.2) is 36.4 Å². The molecule has 1 heterocycles. The molecule has 0 spiro atoms. The summed E-state index contributed by atoms with van der Waals surface area (Å²) < 4.78 is 0. The summed E-state index contributed by atoms with van der Waals surface area (Å²) in [4.78, 5) is 38.9. The highest BCUT2D eigenvalue weighted by Crippen LogP contribution is 2.50. The predicted octanol–water partition coefficient (Wildman–Crippen LogP) is 2.14. The Bertz CT molecular complexity index is 705. The van der Waals surface area contributed by atoms with E-state index in [1.165, 1.54) is 4.90 Å². The molecule has 24 heavy (non-hydrogen) atoms. The quantitative estimate of drug-likeness (QED) is 0.684. The van der Waals surface area contributed by atoms with Crippen LogP contribution in [0.25, 0.3) is 0 Å². The molecule has 3 amide bonds. The first kappa shape index (κ1) is 15.1. The number of nitrogens with one attached hydrogen (secondary N) is 1. The Morgan fingerprint density at radius 2 is 1.58 bits per heavy atom. The lowest BCUT2D eigenvalue weighted by atomic mass is 9.63. The maximum absolute atomic E-state index is 12.9. The minimum absolute atomic E-state index is 0.0881. The van der Waals surface area contributed by atoms with Crippen LogP contribution in [0.4, 0.5) is 5.69 Å². The summed E-state index contributed by atoms with van der Waals surface area (Å²) in [6, 6.07) is 6.70. The van der Waals surface area contributed by atoms with E-state index in [0.29, 0.717) is 17.8 Å². The summed E-state index contributed by atoms with van der Waals surface area (Å²) in [5.41, 5.74) is 1.09. The number of nitrogens with zero attached hydrogens (tertiary/aromatic N) is 1. The molecule has 3 aliphatic carbocycles. The molecule has 5 rings (SSSR count). The van der Waals surface area contributed by atoms with E-state index in [9.17, 15) is 14.4 Å². The monoisotopic (exact) mass is 324 g/mol. The van der Waals surface area contributed by atoms with Crippen molar-refractivity contribution in [1.29, 1.82) is 0 Å². The molecule has 1 N–H and O–H groups in total. The van der Waals surface area contributed by atoms with Gasteiger partial charge in [-0.3, -0.25) is 19.3 Å². The van der Waals surface area contributed by atoms with Crippen LogP contribution in [0.3, 0.4) is 0 Å². The van der Waals surface area contributed by atoms with Gasteiger partial charge in [0.15, 0.2) is 0 Å². The third-order valence-electron chi connectivity index (χ3n) is 5.48. The van der Waals surface area contributed by atoms with Crippen molar-refractivity contribution in [3.05, 3.63) is 42.0 Å². The number of imide groups is 1. The lowest BCUT2D eigenvalue weighted by molar-refractivity contribution is -0.124. The predicted molar refractivity (Wildman–Crippen MR) is 89.3 cm³/mol. The molecular weight excluding hydrogens is 304 g/mol. The zero-order valence-electron chi connectivity index (χ0n) is 13.6. The van der Waals surface area contributed by atoms with Crippen LogP contribution in [0.2, 0.25) is 0 Å². The van der Waals surface area contributed by atoms with Crippen LogP contribution in [-0.2, 0) is 9.59 Å². The number of benzene rings is 1. The molecular formula is C19H20N2O3. The second-order valence-corrected chi connectivity index (χ2v) is 6.76. The molecule has 2 fully saturated rings. The first-order valence-electron chi connectivity index (χ1n) is 8.56. The number of hydrogen-bond acceptors (Lipinski definition) is 3. The van der Waals surface area contributed by atoms with Crippen LogP contribution in [0.5, 0.6) is 0 Å². The topological polar surface area (TPSA) is 66.5 Å². The van der Waals surface area contributed by atoms with Gasteiger partial charge in [0.25, 0.3) is 5.91 Å². The maximum atomic E-state index is 12.9. The smallest absolute Gasteiger partial charge is 0.251 e. The van der Waals surface area contributed by atoms with E-state index in [4.69, 9.17) is 0 Å². The minimum Gasteiger partial charge on any atom is -0.352 e. The summed E-state index contributed by atoms with van der Waals surface area (Å²) in [6.45, 7) is 2.42. The Labute approximate surface area is 140 Å². The molecule has 124 valence electrons. The number of allylic oxidation sites excluding steroid dienone is 2. The minimum atomic E-state index is -0.204. The van der Waals surface area contributed by atoms with Gasteiger partial charge in [-0.25, -0.2) is 0 Å². The molecule has 4 unspecified atom stereocenters. The number of carbonyl (C=O) groups is 3. The first-order valence-corrected chi connectivity index (χ1v) is 8.56. The van der Waals surface area contributed by atoms with Gasteiger partial charge >= 0.3 is 0 Å². The third kappa shape index (κ3) is 2.11. The molecule has 1 aromatic rings. The Morgan fingerprint density at radius 3 is 2.04 bits per heavy atom. The molecule has 4 aliphatic rings. The van der Waals surface area contributed by atoms with Gasteiger partial charge in [-0.2, -0.15) is 0 Å². The normalized spacial score (nSPS) is 30.6. The van der Waals surface area contributed by atoms with Gasteiger partial charge in [-0.1, -0.05) is 12.2 Å². The average Bonchev–Trinajstić information content (AvgIpc) is 2.90. The van der Waals surface area contributed by atoms with Crippen LogP contribution in [0.1, 0.15) is 30.1 Å². The van der Waals surface area contributed by atoms with E-state index in [2.05, 4.69) is 17.5 Å². The molecule has 1 aliphatic heterocycles. The summed E-state index contributed by atoms with van der Waals surface area (Å²) >= 11 is 0. The van der Waals surface area contributed by atoms with E-state index in [1.54, 1.807) is 24.3 Å². The van der Waals surface area contributed by atoms with Gasteiger partial charge in [-0.15, -0.1) is 0 Å². The fourth-order valence-corrected chi connectivity index (χ4v) is 4.35. The van der Waals surface area contributed by atoms with Crippen LogP contribution < -0.4 is 10.2 Å². The molecule has 0 aromatic heterocycles. The zero-order chi connectivity index (χ0) is 16.8. The number of carbonyl (C=O) groups excluding carboxylic acids is 3. The third-order valence-corrected chi connectivity index (χ3v) is 5.48. The van der Waals surface area contributed by atoms with Crippen molar-refractivity contribution in [1.82, 2.24) is 5.32 Å². The molecule has 4 atom stereocenters. The molecule has 1 aromatic carbocycles. The van der Waals surface area contributed by atoms with Gasteiger partial charge in [-0.05, 0) is 55.9 Å². The van der Waals surface area contributed by atoms with Crippen molar-refractivity contribution in [3.63, 3.8) is 0 Å². The first-order chi connectivity index (χ1) is 11.6. The van der Waals surface area contributed by atoms with Crippen LogP contribution in [-0.4, -0.2) is 24.3 Å². The lowest BCUT2D eigenvalue weighted by Crippen LogP contribution is -2.38. The zero-order valence-corrected chi connectivity index (χ0v) is 13.6. The summed E-state index contributed by atoms with van der Waals surface area (Å²) in [5, 5.41) is 2.73. The second-order valence-electron chi connectivity index (χ2n) is 6.76. The number of hydrogen-bond donors (Lipinski definition) is 1. The van der Waals surface area contributed by atoms with Gasteiger partial charge in [0.1, 0.15) is 0 Å². The van der Waals surface area contributed by atoms with Gasteiger partial charge in [0, 0.05) is 12.1 Å². The van der Waals surface area contributed by atoms with Crippen LogP contribution >= 0.6 is 0 Å². The van der Waals surface area contributed by atoms with E-state index >= 15 is 0 Å². The van der Waals surface area contributed by atoms with E-state index in [0.717, 1.165) is 12.8 Å². The fourth-order valence-electron chi connectivity index (χ4n) is 4.35. The number of anilines is 1. The fraction of sp³-hybridized carbons (Fsp3) is 0.421. The van der Waals surface area contributed by atoms with Gasteiger partial charge in [0.2, 0.25) is 11.8 Å². The SMILES string of the molecule is CCNC(=O)c1ccc(N2C(=O)C3C4C=CC(CC4)C3C2=O)cc1. The summed E-state index contributed by atoms with van der Waals surface area (Å²) in [5.74, 6) is -0.357. The van der Waals surface area contributed by atoms with Gasteiger partial charge in [0.05, 0.1) is 17.5 Å². The van der Waals surface area contributed by atoms with Crippen LogP contribution in [0, 0.1) is 23.7 Å². The highest BCUT2D eigenvalue weighted by molar-refractivity contribution is 6.22. The van der Waals surface area contributed by atoms with Crippen molar-refractivity contribution in [2.75, 3.05) is 11.4 Å². The Hall–Kier alpha value is -2.43. The molecule has 2 bridgehead atoms. The Kier molecular flexibility index (Phi) is 3.52. The number of fused-ring (bicyclic) bond motifs is 1. The van der Waals surface area contributed by atoms with Crippen molar-refractivity contribution >= 4 is 23.4 Å². The van der Waals surface area contributed by atoms with Gasteiger partial charge < -0.3 is 5.32 Å². The van der Waals surface area contributed by atoms with E-state index in [1.807, 2.05) is 6.92 Å². The van der Waals surface area contributed by atoms with Crippen molar-refractivity contribution in [3.8, 4) is 0 Å². The second kappa shape index (κ2) is 5.58. The van der Waals surface area contributed by atoms with Crippen molar-refractivity contribution < 1.29 is 14.4 Å². The summed E-state index contributed by atoms with van der Waals surface area (Å²) in [7, 11) is 0. The molecule has 5 nitrogen and oxygen atoms in total. The average molecular weight is 324 g/mol. The Morgan fingerprint density at radius 1 is 1.04 bits per heavy atom. The lowest BCUT2D eigenvalue weighted by Gasteiger charge is -2.38. The Balaban J connectivity index is 1.62. The highest BCUT2D eigenvalue weighted by Gasteiger charge is 2.56.